The Morgan fingerprint density at radius 3 is 2.58 bits per heavy atom. The van der Waals surface area contributed by atoms with Crippen LogP contribution in [-0.4, -0.2) is 48.2 Å². The SMILES string of the molecule is COc1cc2c(c3c1OC(C)(C)C3)C(c1cccc(SC(=O)N(C)C)c1)=NC(C)(C)C2. The van der Waals surface area contributed by atoms with Crippen LogP contribution in [0.1, 0.15) is 49.9 Å². The van der Waals surface area contributed by atoms with Gasteiger partial charge in [0.1, 0.15) is 5.60 Å². The van der Waals surface area contributed by atoms with Gasteiger partial charge in [-0.05, 0) is 69.6 Å². The van der Waals surface area contributed by atoms with Crippen LogP contribution in [0.3, 0.4) is 0 Å². The molecule has 0 atom stereocenters. The van der Waals surface area contributed by atoms with Crippen LogP contribution >= 0.6 is 11.8 Å². The summed E-state index contributed by atoms with van der Waals surface area (Å²) in [5.74, 6) is 1.62. The van der Waals surface area contributed by atoms with Crippen LogP contribution in [0.25, 0.3) is 0 Å². The zero-order valence-corrected chi connectivity index (χ0v) is 20.1. The summed E-state index contributed by atoms with van der Waals surface area (Å²) in [6, 6.07) is 10.2. The average Bonchev–Trinajstić information content (AvgIpc) is 3.00. The van der Waals surface area contributed by atoms with Crippen molar-refractivity contribution >= 4 is 22.7 Å². The van der Waals surface area contributed by atoms with E-state index in [1.54, 1.807) is 26.1 Å². The molecule has 0 spiro atoms. The van der Waals surface area contributed by atoms with E-state index in [2.05, 4.69) is 45.9 Å². The Morgan fingerprint density at radius 1 is 1.16 bits per heavy atom. The summed E-state index contributed by atoms with van der Waals surface area (Å²) in [5, 5.41) is 0.00393. The molecule has 2 aromatic rings. The largest absolute Gasteiger partial charge is 0.493 e. The lowest BCUT2D eigenvalue weighted by atomic mass is 9.81. The molecule has 0 fully saturated rings. The molecule has 6 heteroatoms. The minimum absolute atomic E-state index is 0.00393. The Balaban J connectivity index is 1.87. The van der Waals surface area contributed by atoms with Crippen molar-refractivity contribution in [3.05, 3.63) is 52.6 Å². The van der Waals surface area contributed by atoms with Crippen molar-refractivity contribution in [1.82, 2.24) is 4.90 Å². The van der Waals surface area contributed by atoms with Gasteiger partial charge in [0.2, 0.25) is 0 Å². The number of hydrogen-bond donors (Lipinski definition) is 0. The van der Waals surface area contributed by atoms with E-state index >= 15 is 0 Å². The summed E-state index contributed by atoms with van der Waals surface area (Å²) < 4.78 is 12.0. The van der Waals surface area contributed by atoms with Crippen molar-refractivity contribution in [2.24, 2.45) is 4.99 Å². The monoisotopic (exact) mass is 438 g/mol. The first-order valence-corrected chi connectivity index (χ1v) is 11.3. The quantitative estimate of drug-likeness (QED) is 0.606. The number of thioether (sulfide) groups is 1. The van der Waals surface area contributed by atoms with Gasteiger partial charge >= 0.3 is 0 Å². The van der Waals surface area contributed by atoms with Crippen molar-refractivity contribution in [3.63, 3.8) is 0 Å². The third kappa shape index (κ3) is 4.18. The molecule has 0 aromatic heterocycles. The van der Waals surface area contributed by atoms with Crippen LogP contribution < -0.4 is 9.47 Å². The summed E-state index contributed by atoms with van der Waals surface area (Å²) in [7, 11) is 5.23. The van der Waals surface area contributed by atoms with Crippen LogP contribution in [0.4, 0.5) is 4.79 Å². The van der Waals surface area contributed by atoms with Gasteiger partial charge in [0.15, 0.2) is 11.5 Å². The number of nitrogens with zero attached hydrogens (tertiary/aromatic N) is 2. The lowest BCUT2D eigenvalue weighted by Crippen LogP contribution is -2.30. The zero-order chi connectivity index (χ0) is 22.6. The Hall–Kier alpha value is -2.47. The normalized spacial score (nSPS) is 17.8. The molecule has 2 aliphatic rings. The van der Waals surface area contributed by atoms with Gasteiger partial charge in [0, 0.05) is 42.1 Å². The van der Waals surface area contributed by atoms with Crippen LogP contribution in [0.2, 0.25) is 0 Å². The molecule has 0 unspecified atom stereocenters. The van der Waals surface area contributed by atoms with Gasteiger partial charge in [-0.25, -0.2) is 0 Å². The number of ether oxygens (including phenoxy) is 2. The second-order valence-electron chi connectivity index (χ2n) is 9.70. The average molecular weight is 439 g/mol. The number of rotatable bonds is 3. The number of hydrogen-bond acceptors (Lipinski definition) is 5. The predicted molar refractivity (Wildman–Crippen MR) is 126 cm³/mol. The predicted octanol–water partition coefficient (Wildman–Crippen LogP) is 5.35. The van der Waals surface area contributed by atoms with Crippen molar-refractivity contribution in [2.75, 3.05) is 21.2 Å². The Bertz CT molecular complexity index is 1090. The second kappa shape index (κ2) is 7.59. The summed E-state index contributed by atoms with van der Waals surface area (Å²) in [5.41, 5.74) is 5.00. The number of benzene rings is 2. The number of carbonyl (C=O) groups excluding carboxylic acids is 1. The van der Waals surface area contributed by atoms with Gasteiger partial charge in [-0.15, -0.1) is 0 Å². The number of methoxy groups -OCH3 is 1. The molecule has 0 saturated heterocycles. The number of amides is 1. The van der Waals surface area contributed by atoms with Crippen LogP contribution in [0, 0.1) is 0 Å². The Morgan fingerprint density at radius 2 is 1.90 bits per heavy atom. The van der Waals surface area contributed by atoms with Crippen LogP contribution in [-0.2, 0) is 12.8 Å². The fraction of sp³-hybridized carbons (Fsp3) is 0.440. The highest BCUT2D eigenvalue weighted by atomic mass is 32.2. The molecule has 4 rings (SSSR count). The van der Waals surface area contributed by atoms with E-state index in [4.69, 9.17) is 14.5 Å². The second-order valence-corrected chi connectivity index (χ2v) is 10.7. The van der Waals surface area contributed by atoms with Gasteiger partial charge in [-0.1, -0.05) is 12.1 Å². The van der Waals surface area contributed by atoms with E-state index in [0.29, 0.717) is 0 Å². The lowest BCUT2D eigenvalue weighted by molar-refractivity contribution is 0.134. The van der Waals surface area contributed by atoms with Crippen molar-refractivity contribution < 1.29 is 14.3 Å². The summed E-state index contributed by atoms with van der Waals surface area (Å²) in [6.07, 6.45) is 1.64. The van der Waals surface area contributed by atoms with Gasteiger partial charge in [-0.3, -0.25) is 9.79 Å². The minimum Gasteiger partial charge on any atom is -0.493 e. The van der Waals surface area contributed by atoms with Gasteiger partial charge < -0.3 is 14.4 Å². The molecule has 31 heavy (non-hydrogen) atoms. The van der Waals surface area contributed by atoms with Gasteiger partial charge in [0.05, 0.1) is 18.4 Å². The molecule has 1 amide bonds. The highest BCUT2D eigenvalue weighted by Crippen LogP contribution is 2.48. The maximum atomic E-state index is 12.2. The molecule has 0 saturated carbocycles. The number of carbonyl (C=O) groups is 1. The molecule has 0 N–H and O–H groups in total. The summed E-state index contributed by atoms with van der Waals surface area (Å²) >= 11 is 1.23. The Kier molecular flexibility index (Phi) is 5.32. The van der Waals surface area contributed by atoms with Crippen molar-refractivity contribution in [3.8, 4) is 11.5 Å². The topological polar surface area (TPSA) is 51.1 Å². The molecular weight excluding hydrogens is 408 g/mol. The molecule has 0 radical (unpaired) electrons. The molecule has 2 heterocycles. The van der Waals surface area contributed by atoms with Crippen LogP contribution in [0.5, 0.6) is 11.5 Å². The molecule has 5 nitrogen and oxygen atoms in total. The van der Waals surface area contributed by atoms with Gasteiger partial charge in [-0.2, -0.15) is 0 Å². The molecule has 0 bridgehead atoms. The summed E-state index contributed by atoms with van der Waals surface area (Å²) in [4.78, 5) is 19.9. The van der Waals surface area contributed by atoms with Crippen LogP contribution in [0.15, 0.2) is 40.2 Å². The maximum absolute atomic E-state index is 12.2. The van der Waals surface area contributed by atoms with E-state index in [9.17, 15) is 4.79 Å². The maximum Gasteiger partial charge on any atom is 0.285 e. The molecule has 2 aliphatic heterocycles. The Labute approximate surface area is 188 Å². The first kappa shape index (κ1) is 21.8. The van der Waals surface area contributed by atoms with Crippen molar-refractivity contribution in [1.29, 1.82) is 0 Å². The molecular formula is C25H30N2O3S. The highest BCUT2D eigenvalue weighted by molar-refractivity contribution is 8.13. The van der Waals surface area contributed by atoms with E-state index in [1.807, 2.05) is 12.1 Å². The molecule has 164 valence electrons. The van der Waals surface area contributed by atoms with E-state index < -0.39 is 0 Å². The van der Waals surface area contributed by atoms with E-state index in [1.165, 1.54) is 17.3 Å². The highest BCUT2D eigenvalue weighted by Gasteiger charge is 2.39. The van der Waals surface area contributed by atoms with Crippen molar-refractivity contribution in [2.45, 2.75) is 56.6 Å². The van der Waals surface area contributed by atoms with Gasteiger partial charge in [0.25, 0.3) is 5.24 Å². The summed E-state index contributed by atoms with van der Waals surface area (Å²) in [6.45, 7) is 8.52. The minimum atomic E-state index is -0.293. The number of aliphatic imine (C=N–C) groups is 1. The number of fused-ring (bicyclic) bond motifs is 3. The zero-order valence-electron chi connectivity index (χ0n) is 19.3. The van der Waals surface area contributed by atoms with E-state index in [-0.39, 0.29) is 16.4 Å². The van der Waals surface area contributed by atoms with E-state index in [0.717, 1.165) is 51.6 Å². The third-order valence-corrected chi connectivity index (χ3v) is 6.61. The lowest BCUT2D eigenvalue weighted by Gasteiger charge is -2.31. The molecule has 0 aliphatic carbocycles. The first-order chi connectivity index (χ1) is 14.5. The fourth-order valence-electron chi connectivity index (χ4n) is 4.33. The first-order valence-electron chi connectivity index (χ1n) is 10.5. The smallest absolute Gasteiger partial charge is 0.285 e. The third-order valence-electron chi connectivity index (χ3n) is 5.58. The fourth-order valence-corrected chi connectivity index (χ4v) is 5.05. The molecule has 2 aromatic carbocycles. The standard InChI is InChI=1S/C25H30N2O3S/c1-24(2)13-16-12-19(29-7)22-18(14-25(3,4)30-22)20(16)21(26-24)15-9-8-10-17(11-15)31-23(28)27(5)6/h8-12H,13-14H2,1-7H3.